The van der Waals surface area contributed by atoms with E-state index in [0.29, 0.717) is 27.1 Å². The van der Waals surface area contributed by atoms with E-state index in [0.717, 1.165) is 0 Å². The van der Waals surface area contributed by atoms with Crippen LogP contribution in [0.3, 0.4) is 0 Å². The van der Waals surface area contributed by atoms with E-state index >= 15 is 0 Å². The average Bonchev–Trinajstić information content (AvgIpc) is 2.92. The van der Waals surface area contributed by atoms with E-state index in [1.54, 1.807) is 18.2 Å². The number of benzene rings is 2. The van der Waals surface area contributed by atoms with Gasteiger partial charge in [-0.3, -0.25) is 9.59 Å². The summed E-state index contributed by atoms with van der Waals surface area (Å²) in [7, 11) is 0.389. The first-order chi connectivity index (χ1) is 13.8. The zero-order valence-electron chi connectivity index (χ0n) is 16.1. The van der Waals surface area contributed by atoms with Crippen molar-refractivity contribution in [2.24, 2.45) is 0 Å². The number of rotatable bonds is 7. The molecule has 1 heterocycles. The number of nitrogens with zero attached hydrogens (tertiary/aromatic N) is 1. The molecule has 0 aromatic heterocycles. The quantitative estimate of drug-likeness (QED) is 0.716. The first-order valence-corrected chi connectivity index (χ1v) is 9.99. The van der Waals surface area contributed by atoms with Crippen LogP contribution in [-0.2, 0) is 21.4 Å². The molecule has 0 saturated heterocycles. The molecule has 1 aliphatic rings. The molecule has 0 spiro atoms. The van der Waals surface area contributed by atoms with Crippen molar-refractivity contribution in [1.29, 1.82) is 0 Å². The van der Waals surface area contributed by atoms with Crippen molar-refractivity contribution in [2.75, 3.05) is 27.9 Å². The van der Waals surface area contributed by atoms with E-state index in [-0.39, 0.29) is 17.0 Å². The monoisotopic (exact) mass is 420 g/mol. The minimum atomic E-state index is -4.04. The Morgan fingerprint density at radius 2 is 1.66 bits per heavy atom. The molecule has 2 amide bonds. The highest BCUT2D eigenvalue weighted by Gasteiger charge is 2.41. The fourth-order valence-electron chi connectivity index (χ4n) is 3.01. The van der Waals surface area contributed by atoms with Gasteiger partial charge in [-0.25, -0.2) is 12.7 Å². The largest absolute Gasteiger partial charge is 0.493 e. The molecule has 0 saturated carbocycles. The normalized spacial score (nSPS) is 14.3. The number of methoxy groups -OCH3 is 3. The first kappa shape index (κ1) is 20.5. The number of ether oxygens (including phenoxy) is 3. The molecular weight excluding hydrogens is 400 g/mol. The van der Waals surface area contributed by atoms with Crippen LogP contribution in [-0.4, -0.2) is 52.4 Å². The van der Waals surface area contributed by atoms with Gasteiger partial charge in [0.2, 0.25) is 11.7 Å². The minimum absolute atomic E-state index is 0.0601. The Hall–Kier alpha value is -3.27. The highest BCUT2D eigenvalue weighted by atomic mass is 32.2. The molecule has 154 valence electrons. The van der Waals surface area contributed by atoms with E-state index in [9.17, 15) is 18.0 Å². The van der Waals surface area contributed by atoms with Gasteiger partial charge in [0.1, 0.15) is 11.4 Å². The number of sulfonamides is 1. The summed E-state index contributed by atoms with van der Waals surface area (Å²) >= 11 is 0. The molecule has 2 aromatic rings. The lowest BCUT2D eigenvalue weighted by Gasteiger charge is -2.16. The molecule has 10 heteroatoms. The van der Waals surface area contributed by atoms with Crippen molar-refractivity contribution in [1.82, 2.24) is 9.62 Å². The van der Waals surface area contributed by atoms with Crippen LogP contribution >= 0.6 is 0 Å². The van der Waals surface area contributed by atoms with Crippen molar-refractivity contribution in [3.8, 4) is 17.2 Å². The van der Waals surface area contributed by atoms with Gasteiger partial charge in [0.25, 0.3) is 15.9 Å². The highest BCUT2D eigenvalue weighted by molar-refractivity contribution is 7.90. The lowest BCUT2D eigenvalue weighted by molar-refractivity contribution is -0.121. The van der Waals surface area contributed by atoms with Gasteiger partial charge in [-0.1, -0.05) is 12.1 Å². The van der Waals surface area contributed by atoms with Crippen LogP contribution in [0.25, 0.3) is 0 Å². The number of fused-ring (bicyclic) bond motifs is 1. The third kappa shape index (κ3) is 3.70. The second-order valence-electron chi connectivity index (χ2n) is 6.12. The van der Waals surface area contributed by atoms with E-state index in [4.69, 9.17) is 14.2 Å². The van der Waals surface area contributed by atoms with Crippen molar-refractivity contribution >= 4 is 21.8 Å². The fraction of sp³-hybridized carbons (Fsp3) is 0.263. The molecule has 9 nitrogen and oxygen atoms in total. The predicted molar refractivity (Wildman–Crippen MR) is 103 cm³/mol. The molecule has 0 fully saturated rings. The Labute approximate surface area is 168 Å². The first-order valence-electron chi connectivity index (χ1n) is 8.55. The number of nitrogens with one attached hydrogen (secondary N) is 1. The lowest BCUT2D eigenvalue weighted by atomic mass is 10.1. The maximum Gasteiger partial charge on any atom is 0.269 e. The molecule has 0 bridgehead atoms. The van der Waals surface area contributed by atoms with Crippen LogP contribution < -0.4 is 19.5 Å². The number of amides is 2. The van der Waals surface area contributed by atoms with Gasteiger partial charge in [-0.05, 0) is 29.8 Å². The molecule has 0 atom stereocenters. The molecule has 0 aliphatic carbocycles. The number of hydrogen-bond acceptors (Lipinski definition) is 7. The van der Waals surface area contributed by atoms with Crippen LogP contribution in [0.15, 0.2) is 41.3 Å². The summed E-state index contributed by atoms with van der Waals surface area (Å²) in [6, 6.07) is 9.18. The van der Waals surface area contributed by atoms with Crippen LogP contribution in [0.5, 0.6) is 17.2 Å². The van der Waals surface area contributed by atoms with Crippen molar-refractivity contribution in [3.63, 3.8) is 0 Å². The van der Waals surface area contributed by atoms with E-state index in [1.807, 2.05) is 0 Å². The summed E-state index contributed by atoms with van der Waals surface area (Å²) in [5.41, 5.74) is 0.705. The summed E-state index contributed by atoms with van der Waals surface area (Å²) in [5, 5.41) is 2.60. The summed E-state index contributed by atoms with van der Waals surface area (Å²) in [6.45, 7) is -0.537. The summed E-state index contributed by atoms with van der Waals surface area (Å²) < 4.78 is 41.4. The predicted octanol–water partition coefficient (Wildman–Crippen LogP) is 1.17. The average molecular weight is 420 g/mol. The van der Waals surface area contributed by atoms with Gasteiger partial charge >= 0.3 is 0 Å². The zero-order chi connectivity index (χ0) is 21.2. The lowest BCUT2D eigenvalue weighted by Crippen LogP contribution is -2.40. The second kappa shape index (κ2) is 8.00. The topological polar surface area (TPSA) is 111 Å². The number of carbonyl (C=O) groups is 2. The van der Waals surface area contributed by atoms with Gasteiger partial charge in [-0.15, -0.1) is 0 Å². The standard InChI is InChI=1S/C19H20N2O7S/c1-26-14-8-12(9-15(27-2)18(14)28-3)10-20-17(22)11-21-19(23)13-6-4-5-7-16(13)29(21,24)25/h4-9H,10-11H2,1-3H3,(H,20,22). The Morgan fingerprint density at radius 3 is 2.21 bits per heavy atom. The van der Waals surface area contributed by atoms with Crippen LogP contribution in [0, 0.1) is 0 Å². The van der Waals surface area contributed by atoms with Gasteiger partial charge in [-0.2, -0.15) is 0 Å². The molecule has 1 aliphatic heterocycles. The van der Waals surface area contributed by atoms with E-state index in [2.05, 4.69) is 5.32 Å². The molecule has 0 unspecified atom stereocenters. The highest BCUT2D eigenvalue weighted by Crippen LogP contribution is 2.38. The third-order valence-electron chi connectivity index (χ3n) is 4.41. The molecular formula is C19H20N2O7S. The Balaban J connectivity index is 1.72. The Bertz CT molecular complexity index is 1040. The summed E-state index contributed by atoms with van der Waals surface area (Å²) in [5.74, 6) is -0.0867. The van der Waals surface area contributed by atoms with Gasteiger partial charge < -0.3 is 19.5 Å². The van der Waals surface area contributed by atoms with Gasteiger partial charge in [0.05, 0.1) is 26.9 Å². The molecule has 1 N–H and O–H groups in total. The molecule has 3 rings (SSSR count). The van der Waals surface area contributed by atoms with Crippen molar-refractivity contribution < 1.29 is 32.2 Å². The second-order valence-corrected chi connectivity index (χ2v) is 7.95. The van der Waals surface area contributed by atoms with E-state index in [1.165, 1.54) is 39.5 Å². The third-order valence-corrected chi connectivity index (χ3v) is 6.20. The fourth-order valence-corrected chi connectivity index (χ4v) is 4.54. The number of hydrogen-bond donors (Lipinski definition) is 1. The zero-order valence-corrected chi connectivity index (χ0v) is 16.9. The maximum absolute atomic E-state index is 12.5. The van der Waals surface area contributed by atoms with Crippen molar-refractivity contribution in [3.05, 3.63) is 47.5 Å². The Kier molecular flexibility index (Phi) is 5.64. The smallest absolute Gasteiger partial charge is 0.269 e. The maximum atomic E-state index is 12.5. The van der Waals surface area contributed by atoms with Gasteiger partial charge in [0, 0.05) is 6.54 Å². The Morgan fingerprint density at radius 1 is 1.03 bits per heavy atom. The van der Waals surface area contributed by atoms with Crippen LogP contribution in [0.2, 0.25) is 0 Å². The molecule has 0 radical (unpaired) electrons. The van der Waals surface area contributed by atoms with E-state index < -0.39 is 28.4 Å². The SMILES string of the molecule is COc1cc(CNC(=O)CN2C(=O)c3ccccc3S2(=O)=O)cc(OC)c1OC. The summed E-state index contributed by atoms with van der Waals surface area (Å²) in [4.78, 5) is 24.6. The van der Waals surface area contributed by atoms with Crippen molar-refractivity contribution in [2.45, 2.75) is 11.4 Å². The van der Waals surface area contributed by atoms with Crippen LogP contribution in [0.1, 0.15) is 15.9 Å². The van der Waals surface area contributed by atoms with Gasteiger partial charge in [0.15, 0.2) is 11.5 Å². The minimum Gasteiger partial charge on any atom is -0.493 e. The molecule has 29 heavy (non-hydrogen) atoms. The molecule has 2 aromatic carbocycles. The number of carbonyl (C=O) groups excluding carboxylic acids is 2. The van der Waals surface area contributed by atoms with Crippen LogP contribution in [0.4, 0.5) is 0 Å². The summed E-state index contributed by atoms with van der Waals surface area (Å²) in [6.07, 6.45) is 0.